The van der Waals surface area contributed by atoms with E-state index in [1.54, 1.807) is 6.20 Å². The molecule has 3 rings (SSSR count). The molecule has 2 N–H and O–H groups in total. The molecule has 90 valence electrons. The molecule has 2 fully saturated rings. The van der Waals surface area contributed by atoms with Gasteiger partial charge in [-0.05, 0) is 55.4 Å². The predicted molar refractivity (Wildman–Crippen MR) is 72.8 cm³/mol. The molecule has 0 saturated heterocycles. The maximum atomic E-state index is 5.33. The molecule has 0 aromatic carbocycles. The van der Waals surface area contributed by atoms with E-state index < -0.39 is 0 Å². The zero-order valence-corrected chi connectivity index (χ0v) is 10.5. The Labute approximate surface area is 107 Å². The first kappa shape index (κ1) is 11.0. The lowest BCUT2D eigenvalue weighted by Crippen LogP contribution is -2.40. The van der Waals surface area contributed by atoms with E-state index >= 15 is 0 Å². The highest BCUT2D eigenvalue weighted by atomic mass is 32.1. The lowest BCUT2D eigenvalue weighted by atomic mass is 9.96. The summed E-state index contributed by atoms with van der Waals surface area (Å²) in [5, 5.41) is 7.29. The van der Waals surface area contributed by atoms with Gasteiger partial charge < -0.3 is 10.6 Å². The van der Waals surface area contributed by atoms with Crippen molar-refractivity contribution in [2.45, 2.75) is 31.7 Å². The summed E-state index contributed by atoms with van der Waals surface area (Å²) in [5.41, 5.74) is 0. The monoisotopic (exact) mass is 247 g/mol. The molecule has 17 heavy (non-hydrogen) atoms. The maximum Gasteiger partial charge on any atom is 0.172 e. The molecule has 3 unspecified atom stereocenters. The number of nitrogens with one attached hydrogen (secondary N) is 2. The predicted octanol–water partition coefficient (Wildman–Crippen LogP) is 2.56. The van der Waals surface area contributed by atoms with Crippen LogP contribution < -0.4 is 10.6 Å². The van der Waals surface area contributed by atoms with Crippen molar-refractivity contribution in [1.29, 1.82) is 0 Å². The molecule has 2 aliphatic rings. The largest absolute Gasteiger partial charge is 0.359 e. The van der Waals surface area contributed by atoms with Crippen molar-refractivity contribution in [2.75, 3.05) is 5.32 Å². The van der Waals surface area contributed by atoms with Crippen LogP contribution in [-0.4, -0.2) is 16.1 Å². The molecule has 1 aromatic rings. The van der Waals surface area contributed by atoms with Crippen molar-refractivity contribution >= 4 is 23.1 Å². The van der Waals surface area contributed by atoms with Crippen LogP contribution in [-0.2, 0) is 0 Å². The highest BCUT2D eigenvalue weighted by Crippen LogP contribution is 2.44. The first-order chi connectivity index (χ1) is 8.31. The van der Waals surface area contributed by atoms with Gasteiger partial charge in [0.05, 0.1) is 0 Å². The Kier molecular flexibility index (Phi) is 2.97. The maximum absolute atomic E-state index is 5.33. The van der Waals surface area contributed by atoms with E-state index in [0.29, 0.717) is 11.2 Å². The average Bonchev–Trinajstić information content (AvgIpc) is 2.92. The normalized spacial score (nSPS) is 30.2. The SMILES string of the molecule is S=C(Nc1ccccn1)NC1CC2CCC1C2. The van der Waals surface area contributed by atoms with Crippen LogP contribution in [0.15, 0.2) is 24.4 Å². The Morgan fingerprint density at radius 3 is 2.88 bits per heavy atom. The van der Waals surface area contributed by atoms with Crippen molar-refractivity contribution in [3.63, 3.8) is 0 Å². The third-order valence-corrected chi connectivity index (χ3v) is 4.18. The summed E-state index contributed by atoms with van der Waals surface area (Å²) in [7, 11) is 0. The lowest BCUT2D eigenvalue weighted by Gasteiger charge is -2.24. The van der Waals surface area contributed by atoms with Crippen LogP contribution in [0.4, 0.5) is 5.82 Å². The summed E-state index contributed by atoms with van der Waals surface area (Å²) in [6, 6.07) is 6.36. The molecule has 4 heteroatoms. The molecule has 3 atom stereocenters. The fourth-order valence-electron chi connectivity index (χ4n) is 3.18. The zero-order valence-electron chi connectivity index (χ0n) is 9.73. The van der Waals surface area contributed by atoms with E-state index in [-0.39, 0.29) is 0 Å². The molecule has 2 bridgehead atoms. The Balaban J connectivity index is 1.54. The Morgan fingerprint density at radius 1 is 1.29 bits per heavy atom. The number of fused-ring (bicyclic) bond motifs is 2. The summed E-state index contributed by atoms with van der Waals surface area (Å²) in [4.78, 5) is 4.20. The van der Waals surface area contributed by atoms with Crippen LogP contribution >= 0.6 is 12.2 Å². The minimum absolute atomic E-state index is 0.581. The second-order valence-electron chi connectivity index (χ2n) is 5.09. The molecular formula is C13H17N3S. The van der Waals surface area contributed by atoms with Gasteiger partial charge in [-0.3, -0.25) is 0 Å². The van der Waals surface area contributed by atoms with Gasteiger partial charge in [0, 0.05) is 12.2 Å². The van der Waals surface area contributed by atoms with Crippen LogP contribution in [0.25, 0.3) is 0 Å². The van der Waals surface area contributed by atoms with Crippen molar-refractivity contribution in [1.82, 2.24) is 10.3 Å². The van der Waals surface area contributed by atoms with E-state index in [9.17, 15) is 0 Å². The number of hydrogen-bond donors (Lipinski definition) is 2. The van der Waals surface area contributed by atoms with Crippen LogP contribution in [0.3, 0.4) is 0 Å². The quantitative estimate of drug-likeness (QED) is 0.788. The summed E-state index contributed by atoms with van der Waals surface area (Å²) < 4.78 is 0. The molecule has 1 heterocycles. The molecule has 0 spiro atoms. The van der Waals surface area contributed by atoms with Gasteiger partial charge in [0.2, 0.25) is 0 Å². The Morgan fingerprint density at radius 2 is 2.24 bits per heavy atom. The summed E-state index contributed by atoms with van der Waals surface area (Å²) in [6.07, 6.45) is 7.23. The van der Waals surface area contributed by atoms with Gasteiger partial charge in [-0.15, -0.1) is 0 Å². The van der Waals surface area contributed by atoms with Crippen molar-refractivity contribution in [3.05, 3.63) is 24.4 Å². The smallest absolute Gasteiger partial charge is 0.172 e. The van der Waals surface area contributed by atoms with Crippen molar-refractivity contribution < 1.29 is 0 Å². The second kappa shape index (κ2) is 4.61. The zero-order chi connectivity index (χ0) is 11.7. The number of aromatic nitrogens is 1. The molecule has 1 aromatic heterocycles. The van der Waals surface area contributed by atoms with E-state index in [1.807, 2.05) is 18.2 Å². The molecule has 0 aliphatic heterocycles. The third-order valence-electron chi connectivity index (χ3n) is 3.96. The Bertz CT molecular complexity index is 406. The molecule has 0 amide bonds. The summed E-state index contributed by atoms with van der Waals surface area (Å²) in [5.74, 6) is 2.59. The second-order valence-corrected chi connectivity index (χ2v) is 5.50. The molecule has 3 nitrogen and oxygen atoms in total. The molecule has 0 radical (unpaired) electrons. The summed E-state index contributed by atoms with van der Waals surface area (Å²) in [6.45, 7) is 0. The fraction of sp³-hybridized carbons (Fsp3) is 0.538. The van der Waals surface area contributed by atoms with E-state index in [0.717, 1.165) is 17.7 Å². The number of nitrogens with zero attached hydrogens (tertiary/aromatic N) is 1. The first-order valence-electron chi connectivity index (χ1n) is 6.30. The lowest BCUT2D eigenvalue weighted by molar-refractivity contribution is 0.392. The third kappa shape index (κ3) is 2.41. The number of pyridine rings is 1. The first-order valence-corrected chi connectivity index (χ1v) is 6.70. The van der Waals surface area contributed by atoms with Gasteiger partial charge in [0.25, 0.3) is 0 Å². The number of hydrogen-bond acceptors (Lipinski definition) is 2. The highest BCUT2D eigenvalue weighted by Gasteiger charge is 2.39. The topological polar surface area (TPSA) is 37.0 Å². The minimum atomic E-state index is 0.581. The van der Waals surface area contributed by atoms with Gasteiger partial charge in [-0.2, -0.15) is 0 Å². The molecule has 2 saturated carbocycles. The van der Waals surface area contributed by atoms with Crippen LogP contribution in [0, 0.1) is 11.8 Å². The van der Waals surface area contributed by atoms with Gasteiger partial charge in [0.15, 0.2) is 5.11 Å². The van der Waals surface area contributed by atoms with Gasteiger partial charge in [-0.1, -0.05) is 12.5 Å². The van der Waals surface area contributed by atoms with Gasteiger partial charge in [-0.25, -0.2) is 4.98 Å². The highest BCUT2D eigenvalue weighted by molar-refractivity contribution is 7.80. The van der Waals surface area contributed by atoms with Crippen LogP contribution in [0.5, 0.6) is 0 Å². The van der Waals surface area contributed by atoms with Crippen LogP contribution in [0.1, 0.15) is 25.7 Å². The van der Waals surface area contributed by atoms with E-state index in [4.69, 9.17) is 12.2 Å². The number of rotatable bonds is 2. The minimum Gasteiger partial charge on any atom is -0.359 e. The van der Waals surface area contributed by atoms with Gasteiger partial charge in [0.1, 0.15) is 5.82 Å². The molecular weight excluding hydrogens is 230 g/mol. The van der Waals surface area contributed by atoms with Gasteiger partial charge >= 0.3 is 0 Å². The van der Waals surface area contributed by atoms with E-state index in [2.05, 4.69) is 15.6 Å². The summed E-state index contributed by atoms with van der Waals surface area (Å²) >= 11 is 5.33. The fourth-order valence-corrected chi connectivity index (χ4v) is 3.43. The molecule has 2 aliphatic carbocycles. The van der Waals surface area contributed by atoms with Crippen molar-refractivity contribution in [3.8, 4) is 0 Å². The standard InChI is InChI=1S/C13H17N3S/c17-13(16-12-3-1-2-6-14-12)15-11-8-9-4-5-10(11)7-9/h1-3,6,9-11H,4-5,7-8H2,(H2,14,15,16,17). The number of anilines is 1. The number of thiocarbonyl (C=S) groups is 1. The average molecular weight is 247 g/mol. The Hall–Kier alpha value is -1.16. The van der Waals surface area contributed by atoms with Crippen LogP contribution in [0.2, 0.25) is 0 Å². The van der Waals surface area contributed by atoms with E-state index in [1.165, 1.54) is 25.7 Å². The van der Waals surface area contributed by atoms with Crippen molar-refractivity contribution in [2.24, 2.45) is 11.8 Å².